The van der Waals surface area contributed by atoms with Crippen molar-refractivity contribution in [1.82, 2.24) is 5.32 Å². The van der Waals surface area contributed by atoms with Gasteiger partial charge in [0.2, 0.25) is 5.91 Å². The molecule has 0 bridgehead atoms. The molecule has 0 spiro atoms. The first-order chi connectivity index (χ1) is 14.6. The lowest BCUT2D eigenvalue weighted by Gasteiger charge is -2.43. The average molecular weight is 446 g/mol. The quantitative estimate of drug-likeness (QED) is 0.660. The Bertz CT molecular complexity index is 992. The van der Waals surface area contributed by atoms with E-state index in [1.54, 1.807) is 6.07 Å². The van der Waals surface area contributed by atoms with Crippen molar-refractivity contribution in [2.45, 2.75) is 58.3 Å². The minimum absolute atomic E-state index is 0.115. The fraction of sp³-hybridized carbons (Fsp3) is 0.417. The van der Waals surface area contributed by atoms with Crippen LogP contribution in [0.5, 0.6) is 5.75 Å². The van der Waals surface area contributed by atoms with Crippen LogP contribution in [0, 0.1) is 13.8 Å². The van der Waals surface area contributed by atoms with Gasteiger partial charge in [-0.05, 0) is 50.1 Å². The normalized spacial score (nSPS) is 23.3. The molecule has 0 unspecified atom stereocenters. The molecule has 6 nitrogen and oxygen atoms in total. The van der Waals surface area contributed by atoms with Gasteiger partial charge in [0.25, 0.3) is 0 Å². The van der Waals surface area contributed by atoms with Crippen LogP contribution in [0.4, 0.5) is 0 Å². The molecule has 2 N–H and O–H groups in total. The molecule has 1 heterocycles. The van der Waals surface area contributed by atoms with Gasteiger partial charge in [0.05, 0.1) is 12.2 Å². The molecule has 0 aliphatic carbocycles. The Labute approximate surface area is 187 Å². The lowest BCUT2D eigenvalue weighted by atomic mass is 9.80. The first-order valence-corrected chi connectivity index (χ1v) is 10.6. The molecule has 7 heteroatoms. The summed E-state index contributed by atoms with van der Waals surface area (Å²) in [5.41, 5.74) is 3.03. The first kappa shape index (κ1) is 23.1. The molecular formula is C24H28ClNO5. The summed E-state index contributed by atoms with van der Waals surface area (Å²) in [6.45, 7) is 6.92. The summed E-state index contributed by atoms with van der Waals surface area (Å²) in [7, 11) is 0. The molecule has 1 fully saturated rings. The molecule has 1 aliphatic heterocycles. The number of aliphatic carboxylic acids is 1. The first-order valence-electron chi connectivity index (χ1n) is 10.2. The highest BCUT2D eigenvalue weighted by Gasteiger charge is 2.41. The summed E-state index contributed by atoms with van der Waals surface area (Å²) in [6, 6.07) is 11.4. The fourth-order valence-corrected chi connectivity index (χ4v) is 4.57. The zero-order valence-corrected chi connectivity index (χ0v) is 19.0. The number of nitrogens with one attached hydrogen (secondary N) is 1. The summed E-state index contributed by atoms with van der Waals surface area (Å²) >= 11 is 6.21. The fourth-order valence-electron chi connectivity index (χ4n) is 4.37. The van der Waals surface area contributed by atoms with Crippen LogP contribution in [0.1, 0.15) is 61.2 Å². The standard InChI is InChI=1S/C24H28ClNO5/c1-14-8-15(2)23(30-13-22(28)29)19(9-14)21-12-24(4,26-16(3)27)11-20(31-21)17-6-5-7-18(25)10-17/h5-10,20-21H,11-13H2,1-4H3,(H,26,27)(H,28,29)/t20-,21+,24+/m0/s1. The van der Waals surface area contributed by atoms with Crippen molar-refractivity contribution >= 4 is 23.5 Å². The van der Waals surface area contributed by atoms with Crippen LogP contribution in [0.25, 0.3) is 0 Å². The zero-order valence-electron chi connectivity index (χ0n) is 18.2. The maximum atomic E-state index is 11.9. The van der Waals surface area contributed by atoms with E-state index in [1.165, 1.54) is 6.92 Å². The van der Waals surface area contributed by atoms with Crippen molar-refractivity contribution in [3.63, 3.8) is 0 Å². The van der Waals surface area contributed by atoms with E-state index in [-0.39, 0.29) is 12.0 Å². The van der Waals surface area contributed by atoms with Gasteiger partial charge in [0, 0.05) is 35.9 Å². The van der Waals surface area contributed by atoms with E-state index in [4.69, 9.17) is 26.2 Å². The molecule has 2 aromatic carbocycles. The number of carboxylic acids is 1. The number of hydrogen-bond donors (Lipinski definition) is 2. The molecule has 1 amide bonds. The second-order valence-electron chi connectivity index (χ2n) is 8.50. The molecule has 3 atom stereocenters. The number of halogens is 1. The Morgan fingerprint density at radius 2 is 1.94 bits per heavy atom. The van der Waals surface area contributed by atoms with Gasteiger partial charge in [0.15, 0.2) is 6.61 Å². The predicted molar refractivity (Wildman–Crippen MR) is 119 cm³/mol. The molecule has 1 aliphatic rings. The van der Waals surface area contributed by atoms with Crippen LogP contribution >= 0.6 is 11.6 Å². The summed E-state index contributed by atoms with van der Waals surface area (Å²) in [6.07, 6.45) is 0.398. The molecule has 0 saturated carbocycles. The van der Waals surface area contributed by atoms with E-state index in [2.05, 4.69) is 5.32 Å². The van der Waals surface area contributed by atoms with E-state index in [0.29, 0.717) is 23.6 Å². The SMILES string of the molecule is CC(=O)N[C@]1(C)C[C@@H](c2cccc(Cl)c2)O[C@@H](c2cc(C)cc(C)c2OCC(=O)O)C1. The van der Waals surface area contributed by atoms with Crippen molar-refractivity contribution in [2.24, 2.45) is 0 Å². The summed E-state index contributed by atoms with van der Waals surface area (Å²) in [5.74, 6) is -0.652. The number of benzene rings is 2. The van der Waals surface area contributed by atoms with Crippen molar-refractivity contribution in [3.8, 4) is 5.75 Å². The number of carboxylic acid groups (broad SMARTS) is 1. The van der Waals surface area contributed by atoms with Gasteiger partial charge in [0.1, 0.15) is 5.75 Å². The van der Waals surface area contributed by atoms with Gasteiger partial charge >= 0.3 is 5.97 Å². The lowest BCUT2D eigenvalue weighted by molar-refractivity contribution is -0.139. The zero-order chi connectivity index (χ0) is 22.8. The number of carbonyl (C=O) groups excluding carboxylic acids is 1. The maximum Gasteiger partial charge on any atom is 0.341 e. The van der Waals surface area contributed by atoms with Gasteiger partial charge in [-0.25, -0.2) is 4.79 Å². The van der Waals surface area contributed by atoms with Crippen LogP contribution in [0.3, 0.4) is 0 Å². The predicted octanol–water partition coefficient (Wildman–Crippen LogP) is 4.91. The number of amides is 1. The van der Waals surface area contributed by atoms with Crippen molar-refractivity contribution in [3.05, 3.63) is 63.7 Å². The second-order valence-corrected chi connectivity index (χ2v) is 8.94. The van der Waals surface area contributed by atoms with Crippen molar-refractivity contribution in [2.75, 3.05) is 6.61 Å². The third-order valence-electron chi connectivity index (χ3n) is 5.43. The molecule has 31 heavy (non-hydrogen) atoms. The van der Waals surface area contributed by atoms with Crippen LogP contribution in [0.15, 0.2) is 36.4 Å². The highest BCUT2D eigenvalue weighted by molar-refractivity contribution is 6.30. The van der Waals surface area contributed by atoms with Gasteiger partial charge < -0.3 is 19.9 Å². The number of hydrogen-bond acceptors (Lipinski definition) is 4. The highest BCUT2D eigenvalue weighted by atomic mass is 35.5. The molecule has 166 valence electrons. The molecule has 0 radical (unpaired) electrons. The largest absolute Gasteiger partial charge is 0.481 e. The van der Waals surface area contributed by atoms with Gasteiger partial charge in [-0.2, -0.15) is 0 Å². The molecule has 2 aromatic rings. The van der Waals surface area contributed by atoms with Gasteiger partial charge in [-0.15, -0.1) is 0 Å². The summed E-state index contributed by atoms with van der Waals surface area (Å²) in [4.78, 5) is 23.1. The summed E-state index contributed by atoms with van der Waals surface area (Å²) in [5, 5.41) is 12.8. The smallest absolute Gasteiger partial charge is 0.341 e. The van der Waals surface area contributed by atoms with E-state index >= 15 is 0 Å². The maximum absolute atomic E-state index is 11.9. The Kier molecular flexibility index (Phi) is 6.92. The lowest BCUT2D eigenvalue weighted by Crippen LogP contribution is -2.50. The van der Waals surface area contributed by atoms with E-state index in [0.717, 1.165) is 22.3 Å². The van der Waals surface area contributed by atoms with Crippen LogP contribution in [-0.4, -0.2) is 29.1 Å². The average Bonchev–Trinajstić information content (AvgIpc) is 2.65. The van der Waals surface area contributed by atoms with Crippen molar-refractivity contribution < 1.29 is 24.2 Å². The number of ether oxygens (including phenoxy) is 2. The summed E-state index contributed by atoms with van der Waals surface area (Å²) < 4.78 is 12.2. The number of rotatable bonds is 6. The number of carbonyl (C=O) groups is 2. The third-order valence-corrected chi connectivity index (χ3v) is 5.67. The third kappa shape index (κ3) is 5.77. The Balaban J connectivity index is 2.04. The van der Waals surface area contributed by atoms with E-state index < -0.39 is 24.2 Å². The second kappa shape index (κ2) is 9.28. The van der Waals surface area contributed by atoms with Crippen LogP contribution in [0.2, 0.25) is 5.02 Å². The topological polar surface area (TPSA) is 84.9 Å². The Morgan fingerprint density at radius 1 is 1.23 bits per heavy atom. The molecule has 3 rings (SSSR count). The molecule has 0 aromatic heterocycles. The number of aryl methyl sites for hydroxylation is 2. The minimum Gasteiger partial charge on any atom is -0.481 e. The monoisotopic (exact) mass is 445 g/mol. The van der Waals surface area contributed by atoms with Gasteiger partial charge in [-0.1, -0.05) is 35.4 Å². The van der Waals surface area contributed by atoms with E-state index in [9.17, 15) is 9.59 Å². The van der Waals surface area contributed by atoms with Crippen LogP contribution < -0.4 is 10.1 Å². The molecule has 1 saturated heterocycles. The van der Waals surface area contributed by atoms with Crippen LogP contribution in [-0.2, 0) is 14.3 Å². The highest BCUT2D eigenvalue weighted by Crippen LogP contribution is 2.46. The minimum atomic E-state index is -1.05. The van der Waals surface area contributed by atoms with Gasteiger partial charge in [-0.3, -0.25) is 4.79 Å². The van der Waals surface area contributed by atoms with Crippen molar-refractivity contribution in [1.29, 1.82) is 0 Å². The Morgan fingerprint density at radius 3 is 2.58 bits per heavy atom. The Hall–Kier alpha value is -2.57. The van der Waals surface area contributed by atoms with E-state index in [1.807, 2.05) is 51.1 Å². The molecular weight excluding hydrogens is 418 g/mol.